The van der Waals surface area contributed by atoms with Crippen molar-refractivity contribution in [3.05, 3.63) is 40.0 Å². The highest BCUT2D eigenvalue weighted by molar-refractivity contribution is 9.10. The first-order valence-electron chi connectivity index (χ1n) is 4.88. The normalized spacial score (nSPS) is 10.4. The molecule has 0 fully saturated rings. The fourth-order valence-corrected chi connectivity index (χ4v) is 2.39. The molecule has 0 unspecified atom stereocenters. The maximum atomic E-state index is 6.01. The van der Waals surface area contributed by atoms with E-state index in [1.165, 1.54) is 0 Å². The van der Waals surface area contributed by atoms with Crippen LogP contribution < -0.4 is 4.74 Å². The Kier molecular flexibility index (Phi) is 3.56. The van der Waals surface area contributed by atoms with Crippen molar-refractivity contribution in [3.63, 3.8) is 0 Å². The van der Waals surface area contributed by atoms with E-state index in [1.54, 1.807) is 12.3 Å². The fraction of sp³-hybridized carbons (Fsp3) is 0.167. The Balaban J connectivity index is 2.57. The highest BCUT2D eigenvalue weighted by Gasteiger charge is 2.13. The van der Waals surface area contributed by atoms with Gasteiger partial charge < -0.3 is 9.15 Å². The molecule has 0 aliphatic rings. The van der Waals surface area contributed by atoms with Gasteiger partial charge in [-0.25, -0.2) is 0 Å². The highest BCUT2D eigenvalue weighted by Crippen LogP contribution is 2.39. The summed E-state index contributed by atoms with van der Waals surface area (Å²) in [6, 6.07) is 7.34. The Morgan fingerprint density at radius 1 is 1.44 bits per heavy atom. The molecule has 0 aliphatic heterocycles. The van der Waals surface area contributed by atoms with Crippen molar-refractivity contribution >= 4 is 27.5 Å². The van der Waals surface area contributed by atoms with Gasteiger partial charge in [0.15, 0.2) is 0 Å². The van der Waals surface area contributed by atoms with Crippen LogP contribution in [0.2, 0.25) is 5.02 Å². The predicted octanol–water partition coefficient (Wildman–Crippen LogP) is 4.76. The number of hydrogen-bond donors (Lipinski definition) is 0. The maximum Gasteiger partial charge on any atom is 0.144 e. The van der Waals surface area contributed by atoms with Crippen LogP contribution in [-0.4, -0.2) is 6.61 Å². The van der Waals surface area contributed by atoms with Gasteiger partial charge >= 0.3 is 0 Å². The summed E-state index contributed by atoms with van der Waals surface area (Å²) in [4.78, 5) is 0. The molecule has 0 bridgehead atoms. The first-order chi connectivity index (χ1) is 7.72. The van der Waals surface area contributed by atoms with Crippen molar-refractivity contribution in [3.8, 4) is 17.1 Å². The summed E-state index contributed by atoms with van der Waals surface area (Å²) < 4.78 is 11.8. The Bertz CT molecular complexity index is 480. The van der Waals surface area contributed by atoms with Gasteiger partial charge in [-0.2, -0.15) is 0 Å². The minimum Gasteiger partial charge on any atom is -0.492 e. The summed E-state index contributed by atoms with van der Waals surface area (Å²) in [5.41, 5.74) is 0.853. The summed E-state index contributed by atoms with van der Waals surface area (Å²) in [6.07, 6.45) is 1.62. The molecular weight excluding hydrogens is 291 g/mol. The molecule has 0 aliphatic carbocycles. The summed E-state index contributed by atoms with van der Waals surface area (Å²) in [5, 5.41) is 0.640. The van der Waals surface area contributed by atoms with Crippen LogP contribution in [0.1, 0.15) is 6.92 Å². The number of hydrogen-bond acceptors (Lipinski definition) is 2. The first kappa shape index (κ1) is 11.6. The minimum atomic E-state index is 0.591. The molecule has 0 amide bonds. The SMILES string of the molecule is CCOc1c(Br)cc(Cl)cc1-c1ccco1. The van der Waals surface area contributed by atoms with E-state index in [-0.39, 0.29) is 0 Å². The third kappa shape index (κ3) is 2.25. The van der Waals surface area contributed by atoms with Gasteiger partial charge in [0, 0.05) is 5.02 Å². The molecule has 0 radical (unpaired) electrons. The molecule has 0 saturated carbocycles. The standard InChI is InChI=1S/C12H10BrClO2/c1-2-15-12-9(11-4-3-5-16-11)6-8(14)7-10(12)13/h3-7H,2H2,1H3. The lowest BCUT2D eigenvalue weighted by atomic mass is 10.1. The van der Waals surface area contributed by atoms with Crippen molar-refractivity contribution in [2.75, 3.05) is 6.61 Å². The maximum absolute atomic E-state index is 6.01. The van der Waals surface area contributed by atoms with Crippen LogP contribution in [-0.2, 0) is 0 Å². The Hall–Kier alpha value is -0.930. The molecule has 0 atom stereocenters. The van der Waals surface area contributed by atoms with Gasteiger partial charge in [0.05, 0.1) is 22.9 Å². The quantitative estimate of drug-likeness (QED) is 0.815. The topological polar surface area (TPSA) is 22.4 Å². The molecule has 2 nitrogen and oxygen atoms in total. The van der Waals surface area contributed by atoms with Gasteiger partial charge in [0.1, 0.15) is 11.5 Å². The summed E-state index contributed by atoms with van der Waals surface area (Å²) in [5.74, 6) is 1.49. The zero-order chi connectivity index (χ0) is 11.5. The zero-order valence-corrected chi connectivity index (χ0v) is 11.0. The van der Waals surface area contributed by atoms with Crippen molar-refractivity contribution in [2.24, 2.45) is 0 Å². The van der Waals surface area contributed by atoms with Crippen molar-refractivity contribution < 1.29 is 9.15 Å². The van der Waals surface area contributed by atoms with Gasteiger partial charge in [-0.3, -0.25) is 0 Å². The van der Waals surface area contributed by atoms with Crippen LogP contribution >= 0.6 is 27.5 Å². The molecule has 1 aromatic carbocycles. The summed E-state index contributed by atoms with van der Waals surface area (Å²) in [7, 11) is 0. The van der Waals surface area contributed by atoms with Gasteiger partial charge in [-0.15, -0.1) is 0 Å². The number of furan rings is 1. The monoisotopic (exact) mass is 300 g/mol. The molecule has 1 aromatic heterocycles. The van der Waals surface area contributed by atoms with Crippen molar-refractivity contribution in [1.82, 2.24) is 0 Å². The Morgan fingerprint density at radius 3 is 2.88 bits per heavy atom. The molecule has 0 spiro atoms. The van der Waals surface area contributed by atoms with Crippen molar-refractivity contribution in [1.29, 1.82) is 0 Å². The second-order valence-electron chi connectivity index (χ2n) is 3.17. The van der Waals surface area contributed by atoms with Gasteiger partial charge in [-0.05, 0) is 47.1 Å². The molecule has 0 N–H and O–H groups in total. The van der Waals surface area contributed by atoms with E-state index in [9.17, 15) is 0 Å². The van der Waals surface area contributed by atoms with E-state index in [2.05, 4.69) is 15.9 Å². The largest absolute Gasteiger partial charge is 0.492 e. The highest BCUT2D eigenvalue weighted by atomic mass is 79.9. The molecule has 84 valence electrons. The van der Waals surface area contributed by atoms with E-state index in [0.29, 0.717) is 11.6 Å². The van der Waals surface area contributed by atoms with Crippen molar-refractivity contribution in [2.45, 2.75) is 6.92 Å². The minimum absolute atomic E-state index is 0.591. The average Bonchev–Trinajstić information content (AvgIpc) is 2.75. The number of ether oxygens (including phenoxy) is 1. The lowest BCUT2D eigenvalue weighted by molar-refractivity contribution is 0.338. The fourth-order valence-electron chi connectivity index (χ4n) is 1.47. The van der Waals surface area contributed by atoms with E-state index in [0.717, 1.165) is 21.5 Å². The van der Waals surface area contributed by atoms with E-state index in [4.69, 9.17) is 20.8 Å². The van der Waals surface area contributed by atoms with Crippen LogP contribution in [0, 0.1) is 0 Å². The number of rotatable bonds is 3. The number of benzene rings is 1. The first-order valence-corrected chi connectivity index (χ1v) is 6.05. The molecule has 0 saturated heterocycles. The van der Waals surface area contributed by atoms with E-state index >= 15 is 0 Å². The number of halogens is 2. The molecule has 1 heterocycles. The van der Waals surface area contributed by atoms with E-state index < -0.39 is 0 Å². The van der Waals surface area contributed by atoms with Crippen LogP contribution in [0.25, 0.3) is 11.3 Å². The summed E-state index contributed by atoms with van der Waals surface area (Å²) in [6.45, 7) is 2.53. The molecule has 2 aromatic rings. The molecular formula is C12H10BrClO2. The van der Waals surface area contributed by atoms with Crippen LogP contribution in [0.4, 0.5) is 0 Å². The van der Waals surface area contributed by atoms with E-state index in [1.807, 2.05) is 25.1 Å². The average molecular weight is 302 g/mol. The van der Waals surface area contributed by atoms with Crippen LogP contribution in [0.15, 0.2) is 39.4 Å². The second kappa shape index (κ2) is 4.93. The molecule has 2 rings (SSSR count). The van der Waals surface area contributed by atoms with Crippen LogP contribution in [0.5, 0.6) is 5.75 Å². The van der Waals surface area contributed by atoms with Gasteiger partial charge in [0.25, 0.3) is 0 Å². The lowest BCUT2D eigenvalue weighted by Crippen LogP contribution is -1.95. The summed E-state index contributed by atoms with van der Waals surface area (Å²) >= 11 is 9.45. The third-order valence-corrected chi connectivity index (χ3v) is 2.89. The molecule has 4 heteroatoms. The Labute approximate surface area is 107 Å². The lowest BCUT2D eigenvalue weighted by Gasteiger charge is -2.11. The Morgan fingerprint density at radius 2 is 2.25 bits per heavy atom. The zero-order valence-electron chi connectivity index (χ0n) is 8.67. The van der Waals surface area contributed by atoms with Gasteiger partial charge in [-0.1, -0.05) is 11.6 Å². The third-order valence-electron chi connectivity index (χ3n) is 2.08. The van der Waals surface area contributed by atoms with Gasteiger partial charge in [0.2, 0.25) is 0 Å². The van der Waals surface area contributed by atoms with Crippen LogP contribution in [0.3, 0.4) is 0 Å². The second-order valence-corrected chi connectivity index (χ2v) is 4.47. The predicted molar refractivity (Wildman–Crippen MR) is 68.0 cm³/mol. The smallest absolute Gasteiger partial charge is 0.144 e. The molecule has 16 heavy (non-hydrogen) atoms.